The van der Waals surface area contributed by atoms with Gasteiger partial charge >= 0.3 is 0 Å². The van der Waals surface area contributed by atoms with Crippen LogP contribution < -0.4 is 0 Å². The van der Waals surface area contributed by atoms with Gasteiger partial charge in [-0.3, -0.25) is 0 Å². The number of phenols is 1. The van der Waals surface area contributed by atoms with Crippen molar-refractivity contribution in [2.75, 3.05) is 0 Å². The van der Waals surface area contributed by atoms with E-state index in [1.807, 2.05) is 12.3 Å². The van der Waals surface area contributed by atoms with Crippen LogP contribution in [0, 0.1) is 0 Å². The molecule has 1 heterocycles. The lowest BCUT2D eigenvalue weighted by atomic mass is 10.1. The van der Waals surface area contributed by atoms with Gasteiger partial charge in [0.2, 0.25) is 0 Å². The number of aliphatic hydroxyl groups is 1. The van der Waals surface area contributed by atoms with Crippen LogP contribution in [0.2, 0.25) is 0 Å². The van der Waals surface area contributed by atoms with Crippen LogP contribution in [0.25, 0.3) is 10.9 Å². The lowest BCUT2D eigenvalue weighted by Gasteiger charge is -2.08. The van der Waals surface area contributed by atoms with Crippen molar-refractivity contribution < 1.29 is 10.2 Å². The molecule has 1 atom stereocenters. The Bertz CT molecular complexity index is 512. The number of rotatable bonds is 2. The fourth-order valence-corrected chi connectivity index (χ4v) is 2.03. The van der Waals surface area contributed by atoms with Crippen LogP contribution in [-0.4, -0.2) is 14.8 Å². The number of aliphatic hydroxyl groups excluding tert-OH is 1. The molecule has 1 aromatic heterocycles. The molecule has 0 saturated carbocycles. The van der Waals surface area contributed by atoms with E-state index in [0.717, 1.165) is 16.5 Å². The molecule has 2 rings (SSSR count). The highest BCUT2D eigenvalue weighted by molar-refractivity contribution is 5.85. The van der Waals surface area contributed by atoms with Gasteiger partial charge < -0.3 is 14.8 Å². The smallest absolute Gasteiger partial charge is 0.116 e. The Hall–Kier alpha value is -1.48. The monoisotopic (exact) mass is 219 g/mol. The van der Waals surface area contributed by atoms with Gasteiger partial charge in [0.05, 0.1) is 6.10 Å². The summed E-state index contributed by atoms with van der Waals surface area (Å²) in [4.78, 5) is 0. The number of phenolic OH excluding ortho intramolecular Hbond substituents is 1. The highest BCUT2D eigenvalue weighted by Gasteiger charge is 2.14. The second-order valence-electron chi connectivity index (χ2n) is 4.46. The van der Waals surface area contributed by atoms with E-state index >= 15 is 0 Å². The van der Waals surface area contributed by atoms with Crippen molar-refractivity contribution in [1.29, 1.82) is 0 Å². The van der Waals surface area contributed by atoms with Crippen LogP contribution in [0.1, 0.15) is 38.5 Å². The fraction of sp³-hybridized carbons (Fsp3) is 0.385. The molecule has 0 bridgehead atoms. The Balaban J connectivity index is 2.76. The first-order valence-corrected chi connectivity index (χ1v) is 5.52. The molecular formula is C13H17NO2. The van der Waals surface area contributed by atoms with Crippen molar-refractivity contribution in [2.45, 2.75) is 32.9 Å². The molecule has 2 aromatic rings. The average Bonchev–Trinajstić information content (AvgIpc) is 2.56. The van der Waals surface area contributed by atoms with Crippen LogP contribution in [0.5, 0.6) is 5.75 Å². The molecule has 16 heavy (non-hydrogen) atoms. The molecule has 0 aliphatic rings. The van der Waals surface area contributed by atoms with Gasteiger partial charge in [0.1, 0.15) is 5.75 Å². The maximum absolute atomic E-state index is 9.71. The minimum Gasteiger partial charge on any atom is -0.508 e. The zero-order valence-corrected chi connectivity index (χ0v) is 9.81. The number of hydrogen-bond acceptors (Lipinski definition) is 2. The number of fused-ring (bicyclic) bond motifs is 1. The maximum atomic E-state index is 9.71. The Morgan fingerprint density at radius 3 is 2.44 bits per heavy atom. The topological polar surface area (TPSA) is 45.4 Å². The summed E-state index contributed by atoms with van der Waals surface area (Å²) in [6, 6.07) is 5.60. The summed E-state index contributed by atoms with van der Waals surface area (Å²) in [6.07, 6.45) is 1.43. The van der Waals surface area contributed by atoms with Crippen LogP contribution in [0.15, 0.2) is 24.4 Å². The van der Waals surface area contributed by atoms with E-state index in [0.29, 0.717) is 6.04 Å². The molecule has 2 N–H and O–H groups in total. The molecule has 1 unspecified atom stereocenters. The highest BCUT2D eigenvalue weighted by atomic mass is 16.3. The van der Waals surface area contributed by atoms with Crippen molar-refractivity contribution in [2.24, 2.45) is 0 Å². The summed E-state index contributed by atoms with van der Waals surface area (Å²) in [5.74, 6) is 0.232. The molecule has 0 spiro atoms. The zero-order valence-electron chi connectivity index (χ0n) is 9.81. The maximum Gasteiger partial charge on any atom is 0.116 e. The second kappa shape index (κ2) is 3.83. The predicted octanol–water partition coefficient (Wildman–Crippen LogP) is 2.98. The van der Waals surface area contributed by atoms with Crippen molar-refractivity contribution in [3.05, 3.63) is 30.0 Å². The number of aromatic hydroxyl groups is 1. The lowest BCUT2D eigenvalue weighted by molar-refractivity contribution is 0.200. The zero-order chi connectivity index (χ0) is 11.9. The van der Waals surface area contributed by atoms with E-state index in [-0.39, 0.29) is 5.75 Å². The molecule has 1 aromatic carbocycles. The molecule has 0 amide bonds. The van der Waals surface area contributed by atoms with E-state index in [2.05, 4.69) is 18.4 Å². The molecular weight excluding hydrogens is 202 g/mol. The second-order valence-corrected chi connectivity index (χ2v) is 4.46. The van der Waals surface area contributed by atoms with Gasteiger partial charge in [0.15, 0.2) is 0 Å². The Kier molecular flexibility index (Phi) is 2.64. The molecule has 0 aliphatic carbocycles. The number of hydrogen-bond donors (Lipinski definition) is 2. The molecule has 0 radical (unpaired) electrons. The van der Waals surface area contributed by atoms with Gasteiger partial charge in [-0.25, -0.2) is 0 Å². The molecule has 0 fully saturated rings. The number of nitrogens with zero attached hydrogens (tertiary/aromatic N) is 1. The first-order chi connectivity index (χ1) is 7.50. The Labute approximate surface area is 94.9 Å². The molecule has 0 saturated heterocycles. The molecule has 3 nitrogen and oxygen atoms in total. The third-order valence-corrected chi connectivity index (χ3v) is 2.85. The van der Waals surface area contributed by atoms with E-state index in [4.69, 9.17) is 0 Å². The van der Waals surface area contributed by atoms with E-state index in [1.165, 1.54) is 0 Å². The van der Waals surface area contributed by atoms with Gasteiger partial charge in [-0.1, -0.05) is 0 Å². The summed E-state index contributed by atoms with van der Waals surface area (Å²) >= 11 is 0. The lowest BCUT2D eigenvalue weighted by Crippen LogP contribution is -1.98. The van der Waals surface area contributed by atoms with Crippen molar-refractivity contribution in [3.8, 4) is 5.75 Å². The fourth-order valence-electron chi connectivity index (χ4n) is 2.03. The van der Waals surface area contributed by atoms with Gasteiger partial charge in [-0.2, -0.15) is 0 Å². The molecule has 0 aliphatic heterocycles. The van der Waals surface area contributed by atoms with Crippen molar-refractivity contribution in [1.82, 2.24) is 4.57 Å². The number of aromatic nitrogens is 1. The van der Waals surface area contributed by atoms with Gasteiger partial charge in [-0.15, -0.1) is 0 Å². The summed E-state index contributed by atoms with van der Waals surface area (Å²) in [5.41, 5.74) is 1.91. The normalized spacial score (nSPS) is 13.6. The van der Waals surface area contributed by atoms with Crippen molar-refractivity contribution in [3.63, 3.8) is 0 Å². The summed E-state index contributed by atoms with van der Waals surface area (Å²) in [5, 5.41) is 20.1. The van der Waals surface area contributed by atoms with Gasteiger partial charge in [0, 0.05) is 28.7 Å². The summed E-state index contributed by atoms with van der Waals surface area (Å²) in [7, 11) is 0. The highest BCUT2D eigenvalue weighted by Crippen LogP contribution is 2.31. The predicted molar refractivity (Wildman–Crippen MR) is 64.6 cm³/mol. The van der Waals surface area contributed by atoms with E-state index in [9.17, 15) is 10.2 Å². The molecule has 86 valence electrons. The van der Waals surface area contributed by atoms with Crippen molar-refractivity contribution >= 4 is 10.9 Å². The van der Waals surface area contributed by atoms with Crippen LogP contribution in [0.4, 0.5) is 0 Å². The standard InChI is InChI=1S/C13H17NO2/c1-8(2)14-7-12(9(3)15)11-6-10(16)4-5-13(11)14/h4-9,15-16H,1-3H3. The molecule has 3 heteroatoms. The summed E-state index contributed by atoms with van der Waals surface area (Å²) < 4.78 is 2.11. The third-order valence-electron chi connectivity index (χ3n) is 2.85. The minimum absolute atomic E-state index is 0.232. The van der Waals surface area contributed by atoms with E-state index < -0.39 is 6.10 Å². The minimum atomic E-state index is -0.524. The number of benzene rings is 1. The first kappa shape index (κ1) is 11.0. The Morgan fingerprint density at radius 2 is 1.88 bits per heavy atom. The van der Waals surface area contributed by atoms with Crippen LogP contribution >= 0.6 is 0 Å². The van der Waals surface area contributed by atoms with Gasteiger partial charge in [-0.05, 0) is 39.0 Å². The van der Waals surface area contributed by atoms with Gasteiger partial charge in [0.25, 0.3) is 0 Å². The Morgan fingerprint density at radius 1 is 1.19 bits per heavy atom. The van der Waals surface area contributed by atoms with Crippen LogP contribution in [-0.2, 0) is 0 Å². The first-order valence-electron chi connectivity index (χ1n) is 5.52. The SMILES string of the molecule is CC(O)c1cn(C(C)C)c2ccc(O)cc12. The average molecular weight is 219 g/mol. The quantitative estimate of drug-likeness (QED) is 0.815. The largest absolute Gasteiger partial charge is 0.508 e. The van der Waals surface area contributed by atoms with Crippen LogP contribution in [0.3, 0.4) is 0 Å². The summed E-state index contributed by atoms with van der Waals surface area (Å²) in [6.45, 7) is 5.93. The van der Waals surface area contributed by atoms with E-state index in [1.54, 1.807) is 19.1 Å². The third kappa shape index (κ3) is 1.67.